The van der Waals surface area contributed by atoms with Gasteiger partial charge in [0.2, 0.25) is 15.9 Å². The monoisotopic (exact) mass is 360 g/mol. The van der Waals surface area contributed by atoms with Gasteiger partial charge in [0.15, 0.2) is 11.5 Å². The van der Waals surface area contributed by atoms with Crippen LogP contribution < -0.4 is 19.5 Å². The van der Waals surface area contributed by atoms with Gasteiger partial charge in [-0.05, 0) is 25.5 Å². The van der Waals surface area contributed by atoms with Crippen LogP contribution in [0, 0.1) is 0 Å². The first-order chi connectivity index (χ1) is 11.4. The first kappa shape index (κ1) is 20.2. The number of methoxy groups -OCH3 is 3. The van der Waals surface area contributed by atoms with Crippen LogP contribution in [0.5, 0.6) is 11.5 Å². The van der Waals surface area contributed by atoms with Crippen LogP contribution in [0.4, 0.5) is 0 Å². The summed E-state index contributed by atoms with van der Waals surface area (Å²) in [6.07, 6.45) is 0.650. The van der Waals surface area contributed by atoms with E-state index in [1.807, 2.05) is 0 Å². The van der Waals surface area contributed by atoms with E-state index in [1.54, 1.807) is 7.11 Å². The number of nitrogens with one attached hydrogen (secondary N) is 2. The number of carbonyl (C=O) groups is 1. The van der Waals surface area contributed by atoms with Crippen LogP contribution >= 0.6 is 0 Å². The molecular formula is C15H24N2O6S. The lowest BCUT2D eigenvalue weighted by molar-refractivity contribution is -0.122. The fourth-order valence-electron chi connectivity index (χ4n) is 1.92. The van der Waals surface area contributed by atoms with Crippen molar-refractivity contribution in [3.63, 3.8) is 0 Å². The number of amides is 1. The molecule has 0 unspecified atom stereocenters. The highest BCUT2D eigenvalue weighted by Crippen LogP contribution is 2.29. The molecule has 0 heterocycles. The molecule has 0 bridgehead atoms. The molecule has 2 N–H and O–H groups in total. The third-order valence-corrected chi connectivity index (χ3v) is 4.75. The van der Waals surface area contributed by atoms with Crippen molar-refractivity contribution in [3.8, 4) is 11.5 Å². The molecule has 9 heteroatoms. The number of hydrogen-bond donors (Lipinski definition) is 2. The van der Waals surface area contributed by atoms with Gasteiger partial charge in [0.25, 0.3) is 0 Å². The van der Waals surface area contributed by atoms with Crippen molar-refractivity contribution in [3.05, 3.63) is 18.2 Å². The van der Waals surface area contributed by atoms with Crippen molar-refractivity contribution in [1.29, 1.82) is 0 Å². The molecule has 0 spiro atoms. The van der Waals surface area contributed by atoms with Gasteiger partial charge in [-0.15, -0.1) is 0 Å². The molecule has 1 rings (SSSR count). The van der Waals surface area contributed by atoms with Crippen molar-refractivity contribution >= 4 is 15.9 Å². The molecule has 0 radical (unpaired) electrons. The number of rotatable bonds is 10. The predicted molar refractivity (Wildman–Crippen MR) is 88.8 cm³/mol. The minimum atomic E-state index is -3.87. The Morgan fingerprint density at radius 2 is 1.83 bits per heavy atom. The van der Waals surface area contributed by atoms with Crippen LogP contribution in [0.25, 0.3) is 0 Å². The van der Waals surface area contributed by atoms with Gasteiger partial charge in [0.05, 0.1) is 25.2 Å². The van der Waals surface area contributed by atoms with Gasteiger partial charge in [-0.3, -0.25) is 4.79 Å². The van der Waals surface area contributed by atoms with E-state index in [1.165, 1.54) is 39.3 Å². The Labute approximate surface area is 142 Å². The Morgan fingerprint density at radius 3 is 2.42 bits per heavy atom. The summed E-state index contributed by atoms with van der Waals surface area (Å²) in [5.41, 5.74) is 0. The molecule has 0 aliphatic rings. The summed E-state index contributed by atoms with van der Waals surface area (Å²) in [4.78, 5) is 11.9. The minimum Gasteiger partial charge on any atom is -0.493 e. The highest BCUT2D eigenvalue weighted by Gasteiger charge is 2.23. The lowest BCUT2D eigenvalue weighted by atomic mass is 10.3. The Morgan fingerprint density at radius 1 is 1.17 bits per heavy atom. The van der Waals surface area contributed by atoms with Crippen LogP contribution in [-0.2, 0) is 19.6 Å². The van der Waals surface area contributed by atoms with E-state index < -0.39 is 22.0 Å². The number of ether oxygens (including phenoxy) is 3. The van der Waals surface area contributed by atoms with Crippen LogP contribution in [0.2, 0.25) is 0 Å². The summed E-state index contributed by atoms with van der Waals surface area (Å²) >= 11 is 0. The van der Waals surface area contributed by atoms with E-state index in [0.29, 0.717) is 25.3 Å². The van der Waals surface area contributed by atoms with Gasteiger partial charge in [-0.25, -0.2) is 8.42 Å². The molecule has 0 aliphatic heterocycles. The zero-order valence-corrected chi connectivity index (χ0v) is 15.1. The van der Waals surface area contributed by atoms with Gasteiger partial charge in [0.1, 0.15) is 0 Å². The zero-order chi connectivity index (χ0) is 18.2. The SMILES string of the molecule is COCCCNC(=O)[C@@H](C)NS(=O)(=O)c1ccc(OC)c(OC)c1. The van der Waals surface area contributed by atoms with E-state index in [9.17, 15) is 13.2 Å². The Hall–Kier alpha value is -1.84. The third kappa shape index (κ3) is 5.66. The van der Waals surface area contributed by atoms with Crippen LogP contribution in [0.15, 0.2) is 23.1 Å². The van der Waals surface area contributed by atoms with Crippen LogP contribution in [-0.4, -0.2) is 54.8 Å². The summed E-state index contributed by atoms with van der Waals surface area (Å²) in [7, 11) is 0.576. The van der Waals surface area contributed by atoms with Crippen molar-refractivity contribution < 1.29 is 27.4 Å². The maximum atomic E-state index is 12.4. The molecule has 0 fully saturated rings. The summed E-state index contributed by atoms with van der Waals surface area (Å²) < 4.78 is 42.1. The molecule has 136 valence electrons. The topological polar surface area (TPSA) is 103 Å². The van der Waals surface area contributed by atoms with Crippen molar-refractivity contribution in [2.75, 3.05) is 34.5 Å². The molecule has 0 saturated carbocycles. The average molecular weight is 360 g/mol. The molecule has 0 saturated heterocycles. The predicted octanol–water partition coefficient (Wildman–Crippen LogP) is 0.523. The number of sulfonamides is 1. The van der Waals surface area contributed by atoms with E-state index in [4.69, 9.17) is 14.2 Å². The van der Waals surface area contributed by atoms with Gasteiger partial charge in [0, 0.05) is 26.3 Å². The fraction of sp³-hybridized carbons (Fsp3) is 0.533. The third-order valence-electron chi connectivity index (χ3n) is 3.21. The minimum absolute atomic E-state index is 0.0146. The van der Waals surface area contributed by atoms with Gasteiger partial charge < -0.3 is 19.5 Å². The molecular weight excluding hydrogens is 336 g/mol. The fourth-order valence-corrected chi connectivity index (χ4v) is 3.14. The molecule has 24 heavy (non-hydrogen) atoms. The van der Waals surface area contributed by atoms with Crippen molar-refractivity contribution in [1.82, 2.24) is 10.0 Å². The number of benzene rings is 1. The molecule has 1 amide bonds. The Kier molecular flexibility index (Phi) is 7.96. The van der Waals surface area contributed by atoms with E-state index in [2.05, 4.69) is 10.0 Å². The maximum absolute atomic E-state index is 12.4. The highest BCUT2D eigenvalue weighted by molar-refractivity contribution is 7.89. The molecule has 1 aromatic carbocycles. The van der Waals surface area contributed by atoms with E-state index >= 15 is 0 Å². The van der Waals surface area contributed by atoms with Gasteiger partial charge >= 0.3 is 0 Å². The largest absolute Gasteiger partial charge is 0.493 e. The summed E-state index contributed by atoms with van der Waals surface area (Å²) in [6, 6.07) is 3.30. The second kappa shape index (κ2) is 9.45. The second-order valence-corrected chi connectivity index (χ2v) is 6.71. The second-order valence-electron chi connectivity index (χ2n) is 5.00. The Bertz CT molecular complexity index is 647. The maximum Gasteiger partial charge on any atom is 0.241 e. The lowest BCUT2D eigenvalue weighted by Gasteiger charge is -2.15. The summed E-state index contributed by atoms with van der Waals surface area (Å²) in [5.74, 6) is 0.299. The quantitative estimate of drug-likeness (QED) is 0.590. The molecule has 8 nitrogen and oxygen atoms in total. The average Bonchev–Trinajstić information content (AvgIpc) is 2.57. The normalized spacial score (nSPS) is 12.5. The highest BCUT2D eigenvalue weighted by atomic mass is 32.2. The first-order valence-corrected chi connectivity index (χ1v) is 8.85. The van der Waals surface area contributed by atoms with Crippen LogP contribution in [0.3, 0.4) is 0 Å². The Balaban J connectivity index is 2.76. The number of carbonyl (C=O) groups excluding carboxylic acids is 1. The lowest BCUT2D eigenvalue weighted by Crippen LogP contribution is -2.45. The standard InChI is InChI=1S/C15H24N2O6S/c1-11(15(18)16-8-5-9-21-2)17-24(19,20)12-6-7-13(22-3)14(10-12)23-4/h6-7,10-11,17H,5,8-9H2,1-4H3,(H,16,18)/t11-/m1/s1. The summed E-state index contributed by atoms with van der Waals surface area (Å²) in [6.45, 7) is 2.41. The molecule has 1 aromatic rings. The molecule has 0 aromatic heterocycles. The van der Waals surface area contributed by atoms with E-state index in [-0.39, 0.29) is 10.6 Å². The molecule has 0 aliphatic carbocycles. The first-order valence-electron chi connectivity index (χ1n) is 7.36. The van der Waals surface area contributed by atoms with Crippen LogP contribution in [0.1, 0.15) is 13.3 Å². The zero-order valence-electron chi connectivity index (χ0n) is 14.3. The smallest absolute Gasteiger partial charge is 0.241 e. The number of hydrogen-bond acceptors (Lipinski definition) is 6. The van der Waals surface area contributed by atoms with Gasteiger partial charge in [-0.1, -0.05) is 0 Å². The van der Waals surface area contributed by atoms with Crippen molar-refractivity contribution in [2.24, 2.45) is 0 Å². The molecule has 1 atom stereocenters. The van der Waals surface area contributed by atoms with Gasteiger partial charge in [-0.2, -0.15) is 4.72 Å². The summed E-state index contributed by atoms with van der Waals surface area (Å²) in [5, 5.41) is 2.64. The van der Waals surface area contributed by atoms with E-state index in [0.717, 1.165) is 0 Å². The van der Waals surface area contributed by atoms with Crippen molar-refractivity contribution in [2.45, 2.75) is 24.3 Å².